The second kappa shape index (κ2) is 16.2. The fraction of sp³-hybridized carbons (Fsp3) is 0.714. The molecule has 8 nitrogen and oxygen atoms in total. The number of rotatable bonds is 13. The van der Waals surface area contributed by atoms with Crippen molar-refractivity contribution in [1.29, 1.82) is 0 Å². The molecule has 0 bridgehead atoms. The zero-order chi connectivity index (χ0) is 26.5. The number of ether oxygens (including phenoxy) is 2. The molecule has 1 aromatic carbocycles. The third kappa shape index (κ3) is 10.1. The van der Waals surface area contributed by atoms with E-state index in [-0.39, 0.29) is 36.6 Å². The van der Waals surface area contributed by atoms with Crippen molar-refractivity contribution in [2.45, 2.75) is 63.5 Å². The summed E-state index contributed by atoms with van der Waals surface area (Å²) >= 11 is 6.29. The molecule has 1 heterocycles. The van der Waals surface area contributed by atoms with Gasteiger partial charge in [-0.25, -0.2) is 4.79 Å². The Hall–Kier alpha value is -1.87. The predicted octanol–water partition coefficient (Wildman–Crippen LogP) is 4.14. The minimum absolute atomic E-state index is 0.0112. The number of carbonyl (C=O) groups excluding carboxylic acids is 2. The maximum Gasteiger partial charge on any atom is 0.317 e. The summed E-state index contributed by atoms with van der Waals surface area (Å²) in [5.41, 5.74) is 0.926. The van der Waals surface area contributed by atoms with Crippen molar-refractivity contribution in [1.82, 2.24) is 20.9 Å². The average molecular weight is 537 g/mol. The van der Waals surface area contributed by atoms with Gasteiger partial charge in [-0.2, -0.15) is 0 Å². The van der Waals surface area contributed by atoms with Crippen LogP contribution in [-0.2, 0) is 14.3 Å². The third-order valence-electron chi connectivity index (χ3n) is 7.49. The number of methoxy groups -OCH3 is 1. The molecule has 3 amide bonds. The van der Waals surface area contributed by atoms with E-state index in [0.29, 0.717) is 30.6 Å². The number of hydrogen-bond acceptors (Lipinski definition) is 5. The molecule has 9 heteroatoms. The molecule has 1 saturated carbocycles. The minimum Gasteiger partial charge on any atom is -0.383 e. The van der Waals surface area contributed by atoms with E-state index < -0.39 is 0 Å². The van der Waals surface area contributed by atoms with Gasteiger partial charge in [-0.15, -0.1) is 0 Å². The summed E-state index contributed by atoms with van der Waals surface area (Å²) in [6.45, 7) is 2.89. The van der Waals surface area contributed by atoms with Crippen LogP contribution in [0.1, 0.15) is 63.0 Å². The molecule has 1 saturated heterocycles. The highest BCUT2D eigenvalue weighted by molar-refractivity contribution is 6.30. The summed E-state index contributed by atoms with van der Waals surface area (Å²) in [4.78, 5) is 27.6. The lowest BCUT2D eigenvalue weighted by atomic mass is 9.85. The van der Waals surface area contributed by atoms with Crippen molar-refractivity contribution in [3.8, 4) is 0 Å². The van der Waals surface area contributed by atoms with Crippen LogP contribution in [-0.4, -0.2) is 76.4 Å². The first-order valence-corrected chi connectivity index (χ1v) is 14.2. The second-order valence-corrected chi connectivity index (χ2v) is 10.9. The minimum atomic E-state index is -0.335. The molecule has 3 atom stereocenters. The van der Waals surface area contributed by atoms with E-state index in [2.05, 4.69) is 16.0 Å². The van der Waals surface area contributed by atoms with Crippen molar-refractivity contribution < 1.29 is 19.1 Å². The number of nitrogens with one attached hydrogen (secondary N) is 3. The topological polar surface area (TPSA) is 91.9 Å². The Bertz CT molecular complexity index is 836. The Morgan fingerprint density at radius 2 is 1.97 bits per heavy atom. The number of piperidine rings is 1. The third-order valence-corrected chi connectivity index (χ3v) is 7.73. The van der Waals surface area contributed by atoms with Gasteiger partial charge in [-0.05, 0) is 49.9 Å². The van der Waals surface area contributed by atoms with Gasteiger partial charge in [-0.3, -0.25) is 4.79 Å². The van der Waals surface area contributed by atoms with Gasteiger partial charge in [0, 0.05) is 50.3 Å². The number of benzene rings is 1. The van der Waals surface area contributed by atoms with Crippen LogP contribution in [0.5, 0.6) is 0 Å². The van der Waals surface area contributed by atoms with Gasteiger partial charge in [-0.1, -0.05) is 55.8 Å². The van der Waals surface area contributed by atoms with Gasteiger partial charge < -0.3 is 30.3 Å². The highest BCUT2D eigenvalue weighted by Gasteiger charge is 2.32. The van der Waals surface area contributed by atoms with Gasteiger partial charge >= 0.3 is 6.03 Å². The zero-order valence-electron chi connectivity index (χ0n) is 22.5. The average Bonchev–Trinajstić information content (AvgIpc) is 2.90. The van der Waals surface area contributed by atoms with Crippen molar-refractivity contribution in [2.24, 2.45) is 11.8 Å². The van der Waals surface area contributed by atoms with Crippen molar-refractivity contribution in [2.75, 3.05) is 53.6 Å². The molecule has 37 heavy (non-hydrogen) atoms. The van der Waals surface area contributed by atoms with Gasteiger partial charge in [0.25, 0.3) is 0 Å². The van der Waals surface area contributed by atoms with Crippen molar-refractivity contribution in [3.63, 3.8) is 0 Å². The standard InChI is InChI=1S/C28H45ClN4O4/c1-30-18-25(16-21-8-4-3-5-9-21)32-28(35)33-14-7-11-23(19-33)27(22-10-6-12-24(29)17-22)37-20-26(34)31-13-15-36-2/h6,10,12,17,21,23,25,27,30H,3-5,7-9,11,13-16,18-20H2,1-2H3,(H,31,34)(H,32,35)/t23-,25+,27?/m1/s1. The summed E-state index contributed by atoms with van der Waals surface area (Å²) in [7, 11) is 3.54. The number of halogens is 1. The number of urea groups is 1. The summed E-state index contributed by atoms with van der Waals surface area (Å²) < 4.78 is 11.2. The van der Waals surface area contributed by atoms with Crippen LogP contribution in [0, 0.1) is 11.8 Å². The first-order chi connectivity index (χ1) is 18.0. The highest BCUT2D eigenvalue weighted by atomic mass is 35.5. The lowest BCUT2D eigenvalue weighted by Crippen LogP contribution is -2.52. The Labute approximate surface area is 227 Å². The number of nitrogens with zero attached hydrogens (tertiary/aromatic N) is 1. The highest BCUT2D eigenvalue weighted by Crippen LogP contribution is 2.34. The fourth-order valence-corrected chi connectivity index (χ4v) is 5.87. The summed E-state index contributed by atoms with van der Waals surface area (Å²) in [6.07, 6.45) is 8.95. The van der Waals surface area contributed by atoms with Gasteiger partial charge in [0.2, 0.25) is 5.91 Å². The molecule has 0 spiro atoms. The lowest BCUT2D eigenvalue weighted by Gasteiger charge is -2.38. The van der Waals surface area contributed by atoms with Gasteiger partial charge in [0.15, 0.2) is 0 Å². The van der Waals surface area contributed by atoms with Crippen molar-refractivity contribution in [3.05, 3.63) is 34.9 Å². The first kappa shape index (κ1) is 29.7. The van der Waals surface area contributed by atoms with Crippen LogP contribution in [0.3, 0.4) is 0 Å². The molecule has 3 rings (SSSR count). The maximum absolute atomic E-state index is 13.3. The molecule has 1 unspecified atom stereocenters. The van der Waals surface area contributed by atoms with Crippen LogP contribution >= 0.6 is 11.6 Å². The van der Waals surface area contributed by atoms with E-state index in [1.54, 1.807) is 7.11 Å². The Balaban J connectivity index is 1.63. The second-order valence-electron chi connectivity index (χ2n) is 10.4. The molecule has 2 fully saturated rings. The summed E-state index contributed by atoms with van der Waals surface area (Å²) in [6, 6.07) is 7.70. The van der Waals surface area contributed by atoms with Crippen LogP contribution in [0.25, 0.3) is 0 Å². The molecule has 2 aliphatic rings. The van der Waals surface area contributed by atoms with E-state index in [9.17, 15) is 9.59 Å². The monoisotopic (exact) mass is 536 g/mol. The molecule has 1 aromatic rings. The Morgan fingerprint density at radius 1 is 1.16 bits per heavy atom. The normalized spacial score (nSPS) is 20.3. The van der Waals surface area contributed by atoms with E-state index in [1.807, 2.05) is 36.2 Å². The lowest BCUT2D eigenvalue weighted by molar-refractivity contribution is -0.129. The maximum atomic E-state index is 13.3. The number of amides is 3. The van der Waals surface area contributed by atoms with Gasteiger partial charge in [0.1, 0.15) is 6.61 Å². The largest absolute Gasteiger partial charge is 0.383 e. The molecular formula is C28H45ClN4O4. The molecule has 1 aliphatic carbocycles. The van der Waals surface area contributed by atoms with Crippen molar-refractivity contribution >= 4 is 23.5 Å². The van der Waals surface area contributed by atoms with E-state index in [0.717, 1.165) is 37.9 Å². The predicted molar refractivity (Wildman–Crippen MR) is 147 cm³/mol. The fourth-order valence-electron chi connectivity index (χ4n) is 5.67. The van der Waals surface area contributed by atoms with Crippen LogP contribution < -0.4 is 16.0 Å². The molecular weight excluding hydrogens is 492 g/mol. The smallest absolute Gasteiger partial charge is 0.317 e. The first-order valence-electron chi connectivity index (χ1n) is 13.8. The summed E-state index contributed by atoms with van der Waals surface area (Å²) in [5, 5.41) is 9.99. The molecule has 208 valence electrons. The van der Waals surface area contributed by atoms with E-state index in [1.165, 1.54) is 32.1 Å². The number of carbonyl (C=O) groups is 2. The number of likely N-dealkylation sites (N-methyl/N-ethyl adjacent to an activating group) is 1. The zero-order valence-corrected chi connectivity index (χ0v) is 23.2. The Kier molecular flexibility index (Phi) is 13.0. The van der Waals surface area contributed by atoms with Crippen LogP contribution in [0.4, 0.5) is 4.79 Å². The molecule has 0 radical (unpaired) electrons. The summed E-state index contributed by atoms with van der Waals surface area (Å²) in [5.74, 6) is 0.565. The quantitative estimate of drug-likeness (QED) is 0.330. The number of hydrogen-bond donors (Lipinski definition) is 3. The SMILES string of the molecule is CNC[C@H](CC1CCCCC1)NC(=O)N1CCC[C@@H](C(OCC(=O)NCCOC)c2cccc(Cl)c2)C1. The molecule has 3 N–H and O–H groups in total. The van der Waals surface area contributed by atoms with Gasteiger partial charge in [0.05, 0.1) is 12.7 Å². The Morgan fingerprint density at radius 3 is 2.70 bits per heavy atom. The van der Waals surface area contributed by atoms with E-state index >= 15 is 0 Å². The van der Waals surface area contributed by atoms with Crippen LogP contribution in [0.15, 0.2) is 24.3 Å². The molecule has 1 aliphatic heterocycles. The number of likely N-dealkylation sites (tertiary alicyclic amines) is 1. The van der Waals surface area contributed by atoms with E-state index in [4.69, 9.17) is 21.1 Å². The molecule has 0 aromatic heterocycles. The van der Waals surface area contributed by atoms with Crippen LogP contribution in [0.2, 0.25) is 5.02 Å².